The highest BCUT2D eigenvalue weighted by molar-refractivity contribution is 7.92. The van der Waals surface area contributed by atoms with Crippen molar-refractivity contribution in [3.63, 3.8) is 0 Å². The Balaban J connectivity index is 2.64. The lowest BCUT2D eigenvalue weighted by molar-refractivity contribution is -0.137. The van der Waals surface area contributed by atoms with Gasteiger partial charge in [0, 0.05) is 6.42 Å². The molecule has 0 saturated carbocycles. The Kier molecular flexibility index (Phi) is 4.54. The minimum atomic E-state index is -3.64. The van der Waals surface area contributed by atoms with E-state index in [-0.39, 0.29) is 24.5 Å². The Hall–Kier alpha value is -1.77. The molecule has 0 aliphatic heterocycles. The van der Waals surface area contributed by atoms with Gasteiger partial charge in [0.25, 0.3) is 5.95 Å². The number of nitrogens with zero attached hydrogens (tertiary/aromatic N) is 3. The lowest BCUT2D eigenvalue weighted by atomic mass is 10.3. The number of sulfonamides is 1. The first-order chi connectivity index (χ1) is 8.30. The van der Waals surface area contributed by atoms with E-state index < -0.39 is 16.0 Å². The number of hydrogen-bond acceptors (Lipinski definition) is 6. The van der Waals surface area contributed by atoms with Crippen LogP contribution in [0.5, 0.6) is 0 Å². The predicted molar refractivity (Wildman–Crippen MR) is 63.6 cm³/mol. The molecule has 0 fully saturated rings. The van der Waals surface area contributed by atoms with Crippen molar-refractivity contribution in [3.05, 3.63) is 11.4 Å². The Morgan fingerprint density at radius 3 is 2.50 bits per heavy atom. The van der Waals surface area contributed by atoms with Gasteiger partial charge < -0.3 is 5.11 Å². The van der Waals surface area contributed by atoms with E-state index in [0.717, 1.165) is 0 Å². The van der Waals surface area contributed by atoms with Crippen LogP contribution in [0.3, 0.4) is 0 Å². The number of rotatable bonds is 6. The van der Waals surface area contributed by atoms with Gasteiger partial charge in [-0.05, 0) is 20.3 Å². The first-order valence-corrected chi connectivity index (χ1v) is 6.85. The molecule has 0 aliphatic carbocycles. The maximum Gasteiger partial charge on any atom is 0.303 e. The molecule has 1 aromatic rings. The number of aryl methyl sites for hydroxylation is 2. The monoisotopic (exact) mass is 274 g/mol. The average molecular weight is 274 g/mol. The number of anilines is 1. The van der Waals surface area contributed by atoms with Crippen LogP contribution in [0.15, 0.2) is 0 Å². The molecule has 1 rings (SSSR count). The standard InChI is InChI=1S/C9H14N4O4S/c1-6-7(2)11-12-9(10-6)13-18(16,17)5-3-4-8(14)15/h3-5H2,1-2H3,(H,14,15)(H,10,12,13). The van der Waals surface area contributed by atoms with Crippen molar-refractivity contribution in [2.45, 2.75) is 26.7 Å². The SMILES string of the molecule is Cc1nnc(NS(=O)(=O)CCCC(=O)O)nc1C. The predicted octanol–water partition coefficient (Wildman–Crippen LogP) is 0.0949. The number of carbonyl (C=O) groups is 1. The normalized spacial score (nSPS) is 11.2. The molecule has 9 heteroatoms. The molecule has 0 aliphatic rings. The smallest absolute Gasteiger partial charge is 0.303 e. The van der Waals surface area contributed by atoms with Crippen LogP contribution in [0.25, 0.3) is 0 Å². The summed E-state index contributed by atoms with van der Waals surface area (Å²) < 4.78 is 25.3. The molecule has 0 amide bonds. The topological polar surface area (TPSA) is 122 Å². The molecule has 0 aromatic carbocycles. The van der Waals surface area contributed by atoms with Crippen molar-refractivity contribution in [2.24, 2.45) is 0 Å². The number of hydrogen-bond donors (Lipinski definition) is 2. The summed E-state index contributed by atoms with van der Waals surface area (Å²) in [5.74, 6) is -1.43. The fourth-order valence-corrected chi connectivity index (χ4v) is 2.09. The van der Waals surface area contributed by atoms with E-state index in [0.29, 0.717) is 11.4 Å². The highest BCUT2D eigenvalue weighted by Crippen LogP contribution is 2.05. The van der Waals surface area contributed by atoms with E-state index in [1.54, 1.807) is 13.8 Å². The van der Waals surface area contributed by atoms with E-state index in [1.165, 1.54) is 0 Å². The molecule has 0 radical (unpaired) electrons. The highest BCUT2D eigenvalue weighted by Gasteiger charge is 2.13. The Morgan fingerprint density at radius 1 is 1.28 bits per heavy atom. The van der Waals surface area contributed by atoms with Crippen molar-refractivity contribution in [1.82, 2.24) is 15.2 Å². The second-order valence-electron chi connectivity index (χ2n) is 3.72. The van der Waals surface area contributed by atoms with Gasteiger partial charge in [-0.25, -0.2) is 18.1 Å². The van der Waals surface area contributed by atoms with E-state index >= 15 is 0 Å². The maximum absolute atomic E-state index is 11.6. The van der Waals surface area contributed by atoms with Crippen LogP contribution in [-0.4, -0.2) is 40.4 Å². The molecule has 100 valence electrons. The number of carboxylic acids is 1. The molecule has 0 spiro atoms. The van der Waals surface area contributed by atoms with Crippen molar-refractivity contribution >= 4 is 21.9 Å². The van der Waals surface area contributed by atoms with Crippen molar-refractivity contribution in [2.75, 3.05) is 10.5 Å². The summed E-state index contributed by atoms with van der Waals surface area (Å²) in [6.07, 6.45) is -0.171. The largest absolute Gasteiger partial charge is 0.481 e. The van der Waals surface area contributed by atoms with Crippen LogP contribution in [0.4, 0.5) is 5.95 Å². The number of aromatic nitrogens is 3. The van der Waals surface area contributed by atoms with Crippen molar-refractivity contribution < 1.29 is 18.3 Å². The molecular formula is C9H14N4O4S. The van der Waals surface area contributed by atoms with Gasteiger partial charge in [-0.3, -0.25) is 4.79 Å². The zero-order valence-corrected chi connectivity index (χ0v) is 10.9. The molecule has 1 aromatic heterocycles. The molecule has 0 saturated heterocycles. The number of carboxylic acid groups (broad SMARTS) is 1. The molecule has 8 nitrogen and oxygen atoms in total. The average Bonchev–Trinajstić information content (AvgIpc) is 2.22. The summed E-state index contributed by atoms with van der Waals surface area (Å²) in [4.78, 5) is 14.2. The fourth-order valence-electron chi connectivity index (χ4n) is 1.10. The van der Waals surface area contributed by atoms with Gasteiger partial charge in [-0.2, -0.15) is 5.10 Å². The van der Waals surface area contributed by atoms with Crippen LogP contribution < -0.4 is 4.72 Å². The summed E-state index contributed by atoms with van der Waals surface area (Å²) in [5, 5.41) is 15.8. The third-order valence-corrected chi connectivity index (χ3v) is 3.46. The summed E-state index contributed by atoms with van der Waals surface area (Å²) in [7, 11) is -3.64. The van der Waals surface area contributed by atoms with E-state index in [9.17, 15) is 13.2 Å². The van der Waals surface area contributed by atoms with Gasteiger partial charge in [0.1, 0.15) is 0 Å². The van der Waals surface area contributed by atoms with Crippen LogP contribution in [-0.2, 0) is 14.8 Å². The summed E-state index contributed by atoms with van der Waals surface area (Å²) in [5.41, 5.74) is 1.19. The quantitative estimate of drug-likeness (QED) is 0.753. The molecule has 1 heterocycles. The Labute approximate surface area is 105 Å². The van der Waals surface area contributed by atoms with Crippen LogP contribution in [0.1, 0.15) is 24.2 Å². The second-order valence-corrected chi connectivity index (χ2v) is 5.57. The van der Waals surface area contributed by atoms with Gasteiger partial charge in [0.15, 0.2) is 0 Å². The third-order valence-electron chi connectivity index (χ3n) is 2.14. The van der Waals surface area contributed by atoms with E-state index in [1.807, 2.05) is 0 Å². The number of aliphatic carboxylic acids is 1. The highest BCUT2D eigenvalue weighted by atomic mass is 32.2. The first-order valence-electron chi connectivity index (χ1n) is 5.20. The van der Waals surface area contributed by atoms with Gasteiger partial charge in [-0.15, -0.1) is 5.10 Å². The van der Waals surface area contributed by atoms with Gasteiger partial charge in [0.05, 0.1) is 17.1 Å². The third kappa shape index (κ3) is 4.62. The fraction of sp³-hybridized carbons (Fsp3) is 0.556. The molecular weight excluding hydrogens is 260 g/mol. The molecule has 0 bridgehead atoms. The zero-order chi connectivity index (χ0) is 13.8. The maximum atomic E-state index is 11.6. The van der Waals surface area contributed by atoms with E-state index in [2.05, 4.69) is 19.9 Å². The van der Waals surface area contributed by atoms with Gasteiger partial charge in [-0.1, -0.05) is 0 Å². The molecule has 18 heavy (non-hydrogen) atoms. The second kappa shape index (κ2) is 5.71. The number of nitrogens with one attached hydrogen (secondary N) is 1. The summed E-state index contributed by atoms with van der Waals surface area (Å²) in [6, 6.07) is 0. The zero-order valence-electron chi connectivity index (χ0n) is 10.0. The Morgan fingerprint density at radius 2 is 1.94 bits per heavy atom. The van der Waals surface area contributed by atoms with Crippen molar-refractivity contribution in [3.8, 4) is 0 Å². The van der Waals surface area contributed by atoms with Crippen molar-refractivity contribution in [1.29, 1.82) is 0 Å². The lowest BCUT2D eigenvalue weighted by Gasteiger charge is -2.06. The molecule has 0 unspecified atom stereocenters. The molecule has 0 atom stereocenters. The first kappa shape index (κ1) is 14.3. The Bertz CT molecular complexity index is 543. The molecule has 2 N–H and O–H groups in total. The van der Waals surface area contributed by atoms with Crippen LogP contribution in [0.2, 0.25) is 0 Å². The van der Waals surface area contributed by atoms with Gasteiger partial charge >= 0.3 is 5.97 Å². The van der Waals surface area contributed by atoms with Gasteiger partial charge in [0.2, 0.25) is 10.0 Å². The van der Waals surface area contributed by atoms with E-state index in [4.69, 9.17) is 5.11 Å². The summed E-state index contributed by atoms with van der Waals surface area (Å²) in [6.45, 7) is 3.40. The lowest BCUT2D eigenvalue weighted by Crippen LogP contribution is -2.19. The van der Waals surface area contributed by atoms with Crippen LogP contribution in [0, 0.1) is 13.8 Å². The minimum absolute atomic E-state index is 0.0307. The summed E-state index contributed by atoms with van der Waals surface area (Å²) >= 11 is 0. The minimum Gasteiger partial charge on any atom is -0.481 e. The van der Waals surface area contributed by atoms with Crippen LogP contribution >= 0.6 is 0 Å².